The Kier molecular flexibility index (Phi) is 5.60. The lowest BCUT2D eigenvalue weighted by molar-refractivity contribution is -0.116. The SMILES string of the molecule is CCNc1cc(C)ccc1NC(=O)CCn1c(C)c(C)sc1=O. The number of nitrogens with zero attached hydrogens (tertiary/aromatic N) is 1. The van der Waals surface area contributed by atoms with Gasteiger partial charge in [0.1, 0.15) is 0 Å². The number of hydrogen-bond acceptors (Lipinski definition) is 4. The maximum Gasteiger partial charge on any atom is 0.307 e. The Labute approximate surface area is 140 Å². The topological polar surface area (TPSA) is 63.1 Å². The first-order valence-corrected chi connectivity index (χ1v) is 8.55. The highest BCUT2D eigenvalue weighted by atomic mass is 32.1. The van der Waals surface area contributed by atoms with Crippen molar-refractivity contribution >= 4 is 28.6 Å². The number of amides is 1. The summed E-state index contributed by atoms with van der Waals surface area (Å²) >= 11 is 1.23. The Morgan fingerprint density at radius 2 is 1.96 bits per heavy atom. The molecule has 0 fully saturated rings. The van der Waals surface area contributed by atoms with Crippen LogP contribution in [0.25, 0.3) is 0 Å². The molecule has 0 aliphatic carbocycles. The van der Waals surface area contributed by atoms with E-state index in [-0.39, 0.29) is 17.2 Å². The minimum Gasteiger partial charge on any atom is -0.384 e. The van der Waals surface area contributed by atoms with Crippen molar-refractivity contribution in [1.29, 1.82) is 0 Å². The van der Waals surface area contributed by atoms with Crippen LogP contribution in [0, 0.1) is 20.8 Å². The molecule has 0 saturated carbocycles. The van der Waals surface area contributed by atoms with E-state index in [1.807, 2.05) is 45.9 Å². The van der Waals surface area contributed by atoms with Crippen LogP contribution in [0.4, 0.5) is 11.4 Å². The fourth-order valence-electron chi connectivity index (χ4n) is 2.38. The van der Waals surface area contributed by atoms with E-state index in [9.17, 15) is 9.59 Å². The molecule has 1 heterocycles. The van der Waals surface area contributed by atoms with Gasteiger partial charge < -0.3 is 15.2 Å². The van der Waals surface area contributed by atoms with E-state index in [1.165, 1.54) is 11.3 Å². The van der Waals surface area contributed by atoms with Crippen LogP contribution in [0.3, 0.4) is 0 Å². The third kappa shape index (κ3) is 4.22. The van der Waals surface area contributed by atoms with E-state index in [4.69, 9.17) is 0 Å². The second kappa shape index (κ2) is 7.46. The van der Waals surface area contributed by atoms with Gasteiger partial charge in [-0.25, -0.2) is 0 Å². The van der Waals surface area contributed by atoms with Crippen molar-refractivity contribution in [3.8, 4) is 0 Å². The Balaban J connectivity index is 2.04. The van der Waals surface area contributed by atoms with Crippen LogP contribution in [0.1, 0.15) is 29.5 Å². The van der Waals surface area contributed by atoms with Gasteiger partial charge in [0.05, 0.1) is 11.4 Å². The molecule has 1 aromatic heterocycles. The summed E-state index contributed by atoms with van der Waals surface area (Å²) < 4.78 is 1.67. The second-order valence-corrected chi connectivity index (χ2v) is 6.70. The average Bonchev–Trinajstić information content (AvgIpc) is 2.73. The number of carbonyl (C=O) groups is 1. The molecular formula is C17H23N3O2S. The molecule has 2 aromatic rings. The van der Waals surface area contributed by atoms with Crippen molar-refractivity contribution in [2.45, 2.75) is 40.7 Å². The van der Waals surface area contributed by atoms with E-state index in [1.54, 1.807) is 4.57 Å². The van der Waals surface area contributed by atoms with Gasteiger partial charge in [-0.1, -0.05) is 17.4 Å². The van der Waals surface area contributed by atoms with Crippen LogP contribution >= 0.6 is 11.3 Å². The number of aryl methyl sites for hydroxylation is 2. The zero-order valence-corrected chi connectivity index (χ0v) is 14.8. The molecular weight excluding hydrogens is 310 g/mol. The van der Waals surface area contributed by atoms with Crippen LogP contribution in [-0.2, 0) is 11.3 Å². The van der Waals surface area contributed by atoms with Gasteiger partial charge >= 0.3 is 4.87 Å². The summed E-state index contributed by atoms with van der Waals surface area (Å²) in [6, 6.07) is 5.88. The molecule has 2 rings (SSSR count). The van der Waals surface area contributed by atoms with Crippen LogP contribution < -0.4 is 15.5 Å². The lowest BCUT2D eigenvalue weighted by atomic mass is 10.2. The van der Waals surface area contributed by atoms with Gasteiger partial charge in [0.15, 0.2) is 0 Å². The maximum atomic E-state index is 12.2. The largest absolute Gasteiger partial charge is 0.384 e. The lowest BCUT2D eigenvalue weighted by Gasteiger charge is -2.13. The van der Waals surface area contributed by atoms with Gasteiger partial charge in [-0.3, -0.25) is 9.59 Å². The number of anilines is 2. The first-order chi connectivity index (χ1) is 10.9. The predicted octanol–water partition coefficient (Wildman–Crippen LogP) is 3.30. The molecule has 0 saturated heterocycles. The highest BCUT2D eigenvalue weighted by Crippen LogP contribution is 2.23. The van der Waals surface area contributed by atoms with E-state index < -0.39 is 0 Å². The standard InChI is InChI=1S/C17H23N3O2S/c1-5-18-15-10-11(2)6-7-14(15)19-16(21)8-9-20-12(3)13(4)23-17(20)22/h6-7,10,18H,5,8-9H2,1-4H3,(H,19,21). The van der Waals surface area contributed by atoms with E-state index in [2.05, 4.69) is 10.6 Å². The molecule has 1 aromatic carbocycles. The van der Waals surface area contributed by atoms with Crippen molar-refractivity contribution in [2.75, 3.05) is 17.2 Å². The summed E-state index contributed by atoms with van der Waals surface area (Å²) in [4.78, 5) is 25.1. The fraction of sp³-hybridized carbons (Fsp3) is 0.412. The summed E-state index contributed by atoms with van der Waals surface area (Å²) in [7, 11) is 0. The zero-order chi connectivity index (χ0) is 17.0. The number of benzene rings is 1. The van der Waals surface area contributed by atoms with Gasteiger partial charge in [0.2, 0.25) is 5.91 Å². The van der Waals surface area contributed by atoms with Crippen LogP contribution in [0.2, 0.25) is 0 Å². The molecule has 0 atom stereocenters. The van der Waals surface area contributed by atoms with Crippen molar-refractivity contribution in [3.05, 3.63) is 44.0 Å². The van der Waals surface area contributed by atoms with Gasteiger partial charge in [-0.05, 0) is 45.4 Å². The number of nitrogens with one attached hydrogen (secondary N) is 2. The highest BCUT2D eigenvalue weighted by molar-refractivity contribution is 7.09. The van der Waals surface area contributed by atoms with Crippen molar-refractivity contribution in [1.82, 2.24) is 4.57 Å². The number of hydrogen-bond donors (Lipinski definition) is 2. The second-order valence-electron chi connectivity index (χ2n) is 5.54. The van der Waals surface area contributed by atoms with Gasteiger partial charge in [-0.15, -0.1) is 0 Å². The summed E-state index contributed by atoms with van der Waals surface area (Å²) in [5, 5.41) is 6.17. The fourth-order valence-corrected chi connectivity index (χ4v) is 3.23. The Bertz CT molecular complexity index is 762. The third-order valence-corrected chi connectivity index (χ3v) is 4.75. The molecule has 6 heteroatoms. The molecule has 0 aliphatic rings. The van der Waals surface area contributed by atoms with Gasteiger partial charge in [0, 0.05) is 30.1 Å². The summed E-state index contributed by atoms with van der Waals surface area (Å²) in [5.74, 6) is -0.0943. The van der Waals surface area contributed by atoms with Gasteiger partial charge in [0.25, 0.3) is 0 Å². The lowest BCUT2D eigenvalue weighted by Crippen LogP contribution is -2.20. The van der Waals surface area contributed by atoms with Crippen molar-refractivity contribution in [3.63, 3.8) is 0 Å². The summed E-state index contributed by atoms with van der Waals surface area (Å²) in [6.45, 7) is 9.06. The molecule has 5 nitrogen and oxygen atoms in total. The molecule has 0 aliphatic heterocycles. The van der Waals surface area contributed by atoms with E-state index in [0.29, 0.717) is 6.54 Å². The van der Waals surface area contributed by atoms with Crippen molar-refractivity contribution in [2.24, 2.45) is 0 Å². The monoisotopic (exact) mass is 333 g/mol. The quantitative estimate of drug-likeness (QED) is 0.852. The molecule has 2 N–H and O–H groups in total. The Morgan fingerprint density at radius 1 is 1.22 bits per heavy atom. The zero-order valence-electron chi connectivity index (χ0n) is 14.0. The highest BCUT2D eigenvalue weighted by Gasteiger charge is 2.11. The molecule has 0 unspecified atom stereocenters. The first-order valence-electron chi connectivity index (χ1n) is 7.73. The first kappa shape index (κ1) is 17.3. The smallest absolute Gasteiger partial charge is 0.307 e. The minimum absolute atomic E-state index is 0.00326. The minimum atomic E-state index is -0.0943. The van der Waals surface area contributed by atoms with E-state index in [0.717, 1.165) is 34.1 Å². The average molecular weight is 333 g/mol. The Hall–Kier alpha value is -2.08. The van der Waals surface area contributed by atoms with E-state index >= 15 is 0 Å². The maximum absolute atomic E-state index is 12.2. The molecule has 0 spiro atoms. The molecule has 23 heavy (non-hydrogen) atoms. The van der Waals surface area contributed by atoms with Gasteiger partial charge in [-0.2, -0.15) is 0 Å². The summed E-state index contributed by atoms with van der Waals surface area (Å²) in [5.41, 5.74) is 3.76. The number of thiazole rings is 1. The number of carbonyl (C=O) groups excluding carboxylic acids is 1. The van der Waals surface area contributed by atoms with Crippen LogP contribution in [0.15, 0.2) is 23.0 Å². The molecule has 1 amide bonds. The predicted molar refractivity (Wildman–Crippen MR) is 96.6 cm³/mol. The normalized spacial score (nSPS) is 10.6. The number of rotatable bonds is 6. The van der Waals surface area contributed by atoms with Crippen molar-refractivity contribution < 1.29 is 4.79 Å². The number of aromatic nitrogens is 1. The molecule has 0 radical (unpaired) electrons. The molecule has 124 valence electrons. The molecule has 0 bridgehead atoms. The van der Waals surface area contributed by atoms with Crippen LogP contribution in [0.5, 0.6) is 0 Å². The van der Waals surface area contributed by atoms with Crippen LogP contribution in [-0.4, -0.2) is 17.0 Å². The Morgan fingerprint density at radius 3 is 2.57 bits per heavy atom. The third-order valence-electron chi connectivity index (χ3n) is 3.75. The summed E-state index contributed by atoms with van der Waals surface area (Å²) in [6.07, 6.45) is 0.274.